The van der Waals surface area contributed by atoms with Gasteiger partial charge in [0.2, 0.25) is 0 Å². The van der Waals surface area contributed by atoms with Crippen molar-refractivity contribution in [2.45, 2.75) is 60.3 Å². The lowest BCUT2D eigenvalue weighted by Crippen LogP contribution is -2.30. The summed E-state index contributed by atoms with van der Waals surface area (Å²) in [5, 5.41) is 0. The molecule has 3 rings (SSSR count). The van der Waals surface area contributed by atoms with Gasteiger partial charge < -0.3 is 0 Å². The maximum Gasteiger partial charge on any atom is -0.0289 e. The molecule has 16 heavy (non-hydrogen) atoms. The Morgan fingerprint density at radius 2 is 1.56 bits per heavy atom. The molecule has 0 nitrogen and oxygen atoms in total. The maximum absolute atomic E-state index is 2.54. The predicted octanol–water partition coefficient (Wildman–Crippen LogP) is 4.74. The van der Waals surface area contributed by atoms with Gasteiger partial charge in [0.1, 0.15) is 0 Å². The van der Waals surface area contributed by atoms with Gasteiger partial charge in [-0.1, -0.05) is 41.0 Å². The first kappa shape index (κ1) is 11.1. The molecule has 0 amide bonds. The van der Waals surface area contributed by atoms with Crippen molar-refractivity contribution in [1.82, 2.24) is 0 Å². The summed E-state index contributed by atoms with van der Waals surface area (Å²) in [4.78, 5) is 0. The van der Waals surface area contributed by atoms with Crippen LogP contribution in [0.1, 0.15) is 60.3 Å². The molecule has 3 aliphatic rings. The van der Waals surface area contributed by atoms with E-state index >= 15 is 0 Å². The maximum atomic E-state index is 2.54. The van der Waals surface area contributed by atoms with Crippen molar-refractivity contribution < 1.29 is 0 Å². The van der Waals surface area contributed by atoms with Gasteiger partial charge in [0.15, 0.2) is 0 Å². The quantitative estimate of drug-likeness (QED) is 0.553. The van der Waals surface area contributed by atoms with Gasteiger partial charge in [-0.3, -0.25) is 0 Å². The highest BCUT2D eigenvalue weighted by Crippen LogP contribution is 2.72. The lowest BCUT2D eigenvalue weighted by molar-refractivity contribution is 0.122. The summed E-state index contributed by atoms with van der Waals surface area (Å²) < 4.78 is 0. The Bertz CT molecular complexity index is 299. The first-order valence-corrected chi connectivity index (χ1v) is 7.36. The standard InChI is InChI=1S/C16H28/c1-10-6-7-11-13(10)14-12(16(14,4)5)8-9-15(11,2)3/h10-14H,6-9H2,1-5H3/t10?,11?,12-,13?,14-/m0/s1. The topological polar surface area (TPSA) is 0 Å². The average Bonchev–Trinajstić information content (AvgIpc) is 2.51. The van der Waals surface area contributed by atoms with Gasteiger partial charge >= 0.3 is 0 Å². The normalized spacial score (nSPS) is 52.7. The van der Waals surface area contributed by atoms with E-state index in [4.69, 9.17) is 0 Å². The minimum Gasteiger partial charge on any atom is -0.0622 e. The third-order valence-corrected chi connectivity index (χ3v) is 6.71. The molecular weight excluding hydrogens is 192 g/mol. The van der Waals surface area contributed by atoms with E-state index in [1.807, 2.05) is 0 Å². The minimum absolute atomic E-state index is 0.624. The molecule has 0 aromatic rings. The van der Waals surface area contributed by atoms with Gasteiger partial charge in [-0.2, -0.15) is 0 Å². The average molecular weight is 220 g/mol. The molecule has 0 aromatic heterocycles. The fraction of sp³-hybridized carbons (Fsp3) is 1.00. The number of hydrogen-bond acceptors (Lipinski definition) is 0. The van der Waals surface area contributed by atoms with Crippen LogP contribution in [0, 0.1) is 40.4 Å². The van der Waals surface area contributed by atoms with Crippen molar-refractivity contribution in [3.63, 3.8) is 0 Å². The molecule has 3 fully saturated rings. The van der Waals surface area contributed by atoms with E-state index in [1.165, 1.54) is 25.7 Å². The lowest BCUT2D eigenvalue weighted by atomic mass is 9.68. The molecule has 0 N–H and O–H groups in total. The van der Waals surface area contributed by atoms with E-state index in [9.17, 15) is 0 Å². The van der Waals surface area contributed by atoms with Crippen molar-refractivity contribution in [3.8, 4) is 0 Å². The van der Waals surface area contributed by atoms with Gasteiger partial charge in [-0.15, -0.1) is 0 Å². The van der Waals surface area contributed by atoms with E-state index in [0.717, 1.165) is 29.6 Å². The van der Waals surface area contributed by atoms with Crippen molar-refractivity contribution in [2.75, 3.05) is 0 Å². The van der Waals surface area contributed by atoms with Crippen molar-refractivity contribution in [2.24, 2.45) is 40.4 Å². The molecule has 0 bridgehead atoms. The molecule has 92 valence electrons. The Hall–Kier alpha value is 0. The summed E-state index contributed by atoms with van der Waals surface area (Å²) >= 11 is 0. The second kappa shape index (κ2) is 3.06. The lowest BCUT2D eigenvalue weighted by Gasteiger charge is -2.37. The first-order chi connectivity index (χ1) is 7.36. The summed E-state index contributed by atoms with van der Waals surface area (Å²) in [6.45, 7) is 12.7. The number of hydrogen-bond donors (Lipinski definition) is 0. The summed E-state index contributed by atoms with van der Waals surface area (Å²) in [6, 6.07) is 0. The van der Waals surface area contributed by atoms with Crippen molar-refractivity contribution in [3.05, 3.63) is 0 Å². The fourth-order valence-corrected chi connectivity index (χ4v) is 5.56. The highest BCUT2D eigenvalue weighted by molar-refractivity contribution is 5.14. The van der Waals surface area contributed by atoms with Gasteiger partial charge in [-0.05, 0) is 59.7 Å². The summed E-state index contributed by atoms with van der Waals surface area (Å²) in [7, 11) is 0. The third-order valence-electron chi connectivity index (χ3n) is 6.71. The van der Waals surface area contributed by atoms with E-state index < -0.39 is 0 Å². The molecule has 5 atom stereocenters. The molecule has 3 aliphatic carbocycles. The summed E-state index contributed by atoms with van der Waals surface area (Å²) in [5.41, 5.74) is 1.30. The van der Waals surface area contributed by atoms with Crippen LogP contribution in [-0.4, -0.2) is 0 Å². The van der Waals surface area contributed by atoms with Crippen LogP contribution >= 0.6 is 0 Å². The van der Waals surface area contributed by atoms with Crippen LogP contribution in [0.4, 0.5) is 0 Å². The van der Waals surface area contributed by atoms with Crippen LogP contribution in [0.25, 0.3) is 0 Å². The van der Waals surface area contributed by atoms with E-state index in [0.29, 0.717) is 10.8 Å². The van der Waals surface area contributed by atoms with Crippen LogP contribution < -0.4 is 0 Å². The molecule has 0 aromatic carbocycles. The summed E-state index contributed by atoms with van der Waals surface area (Å²) in [6.07, 6.45) is 5.99. The molecule has 0 aliphatic heterocycles. The van der Waals surface area contributed by atoms with Crippen LogP contribution in [0.3, 0.4) is 0 Å². The Morgan fingerprint density at radius 3 is 2.25 bits per heavy atom. The zero-order valence-corrected chi connectivity index (χ0v) is 11.7. The van der Waals surface area contributed by atoms with Crippen LogP contribution in [0.2, 0.25) is 0 Å². The zero-order chi connectivity index (χ0) is 11.7. The van der Waals surface area contributed by atoms with Gasteiger partial charge in [0, 0.05) is 0 Å². The highest BCUT2D eigenvalue weighted by atomic mass is 14.7. The molecule has 3 unspecified atom stereocenters. The Labute approximate surface area is 101 Å². The highest BCUT2D eigenvalue weighted by Gasteiger charge is 2.65. The largest absolute Gasteiger partial charge is 0.0622 e. The molecule has 0 saturated heterocycles. The minimum atomic E-state index is 0.624. The van der Waals surface area contributed by atoms with Crippen molar-refractivity contribution >= 4 is 0 Å². The second-order valence-corrected chi connectivity index (χ2v) is 8.22. The monoisotopic (exact) mass is 220 g/mol. The number of rotatable bonds is 0. The van der Waals surface area contributed by atoms with Crippen LogP contribution in [0.15, 0.2) is 0 Å². The SMILES string of the molecule is CC1CCC2C1[C@@H]1[C@H](CCC2(C)C)C1(C)C. The Balaban J connectivity index is 1.94. The predicted molar refractivity (Wildman–Crippen MR) is 69.2 cm³/mol. The molecule has 3 saturated carbocycles. The fourth-order valence-electron chi connectivity index (χ4n) is 5.56. The molecule has 0 radical (unpaired) electrons. The summed E-state index contributed by atoms with van der Waals surface area (Å²) in [5.74, 6) is 5.20. The van der Waals surface area contributed by atoms with Crippen LogP contribution in [0.5, 0.6) is 0 Å². The second-order valence-electron chi connectivity index (χ2n) is 8.22. The Kier molecular flexibility index (Phi) is 2.12. The smallest absolute Gasteiger partial charge is 0.0289 e. The van der Waals surface area contributed by atoms with Gasteiger partial charge in [0.25, 0.3) is 0 Å². The molecule has 0 spiro atoms. The zero-order valence-electron chi connectivity index (χ0n) is 11.7. The Morgan fingerprint density at radius 1 is 0.875 bits per heavy atom. The van der Waals surface area contributed by atoms with Gasteiger partial charge in [-0.25, -0.2) is 0 Å². The molecule has 0 heterocycles. The van der Waals surface area contributed by atoms with E-state index in [1.54, 1.807) is 0 Å². The number of fused-ring (bicyclic) bond motifs is 3. The molecule has 0 heteroatoms. The molecular formula is C16H28. The first-order valence-electron chi connectivity index (χ1n) is 7.36. The third kappa shape index (κ3) is 1.28. The van der Waals surface area contributed by atoms with Gasteiger partial charge in [0.05, 0.1) is 0 Å². The van der Waals surface area contributed by atoms with Crippen LogP contribution in [-0.2, 0) is 0 Å². The van der Waals surface area contributed by atoms with E-state index in [2.05, 4.69) is 34.6 Å². The van der Waals surface area contributed by atoms with Crippen molar-refractivity contribution in [1.29, 1.82) is 0 Å². The van der Waals surface area contributed by atoms with E-state index in [-0.39, 0.29) is 0 Å².